The lowest BCUT2D eigenvalue weighted by molar-refractivity contribution is 0.0495. The summed E-state index contributed by atoms with van der Waals surface area (Å²) in [5.41, 5.74) is 2.90. The molecule has 5 nitrogen and oxygen atoms in total. The Bertz CT molecular complexity index is 1010. The van der Waals surface area contributed by atoms with E-state index in [1.165, 1.54) is 24.8 Å². The molecule has 1 amide bonds. The average molecular weight is 375 g/mol. The van der Waals surface area contributed by atoms with Crippen LogP contribution >= 0.6 is 0 Å². The van der Waals surface area contributed by atoms with Crippen molar-refractivity contribution in [3.63, 3.8) is 0 Å². The number of hydrogen-bond acceptors (Lipinski definition) is 3. The van der Waals surface area contributed by atoms with Crippen molar-refractivity contribution in [2.45, 2.75) is 43.8 Å². The molecule has 0 radical (unpaired) electrons. The van der Waals surface area contributed by atoms with Crippen molar-refractivity contribution in [2.75, 3.05) is 6.54 Å². The Balaban J connectivity index is 1.30. The van der Waals surface area contributed by atoms with Crippen molar-refractivity contribution in [1.82, 2.24) is 15.2 Å². The number of aromatic amines is 1. The lowest BCUT2D eigenvalue weighted by atomic mass is 9.74. The zero-order chi connectivity index (χ0) is 19.1. The number of nitrogens with zero attached hydrogens (tertiary/aromatic N) is 1. The van der Waals surface area contributed by atoms with Crippen LogP contribution in [0.15, 0.2) is 54.6 Å². The summed E-state index contributed by atoms with van der Waals surface area (Å²) in [5, 5.41) is 13.8. The highest BCUT2D eigenvalue weighted by atomic mass is 16.3. The first-order valence-electron chi connectivity index (χ1n) is 10.0. The number of H-pyrrole nitrogens is 1. The van der Waals surface area contributed by atoms with E-state index in [2.05, 4.69) is 45.5 Å². The Morgan fingerprint density at radius 1 is 1.18 bits per heavy atom. The molecule has 3 aromatic rings. The number of fused-ring (bicyclic) bond motifs is 1. The van der Waals surface area contributed by atoms with Gasteiger partial charge in [-0.3, -0.25) is 9.69 Å². The smallest absolute Gasteiger partial charge is 0.267 e. The van der Waals surface area contributed by atoms with Gasteiger partial charge in [-0.25, -0.2) is 0 Å². The number of aromatic hydroxyl groups is 1. The Labute approximate surface area is 164 Å². The number of benzene rings is 2. The molecule has 28 heavy (non-hydrogen) atoms. The molecule has 1 spiro atoms. The van der Waals surface area contributed by atoms with Gasteiger partial charge in [-0.05, 0) is 49.4 Å². The summed E-state index contributed by atoms with van der Waals surface area (Å²) >= 11 is 0. The second kappa shape index (κ2) is 6.67. The molecule has 0 bridgehead atoms. The van der Waals surface area contributed by atoms with E-state index in [4.69, 9.17) is 0 Å². The van der Waals surface area contributed by atoms with E-state index in [1.54, 1.807) is 12.1 Å². The van der Waals surface area contributed by atoms with Gasteiger partial charge in [0, 0.05) is 41.6 Å². The number of carbonyl (C=O) groups is 1. The van der Waals surface area contributed by atoms with Gasteiger partial charge < -0.3 is 15.4 Å². The van der Waals surface area contributed by atoms with Gasteiger partial charge in [0.2, 0.25) is 0 Å². The minimum absolute atomic E-state index is 0.0725. The van der Waals surface area contributed by atoms with Crippen molar-refractivity contribution < 1.29 is 9.90 Å². The fourth-order valence-electron chi connectivity index (χ4n) is 4.85. The first kappa shape index (κ1) is 17.3. The van der Waals surface area contributed by atoms with Gasteiger partial charge in [-0.2, -0.15) is 0 Å². The number of carbonyl (C=O) groups excluding carboxylic acids is 1. The van der Waals surface area contributed by atoms with Gasteiger partial charge in [-0.1, -0.05) is 30.3 Å². The maximum absolute atomic E-state index is 12.8. The molecule has 1 aliphatic carbocycles. The summed E-state index contributed by atoms with van der Waals surface area (Å²) in [6.07, 6.45) is 4.74. The zero-order valence-corrected chi connectivity index (χ0v) is 15.8. The van der Waals surface area contributed by atoms with Gasteiger partial charge in [0.25, 0.3) is 5.91 Å². The number of rotatable bonds is 4. The molecule has 2 fully saturated rings. The number of nitrogens with one attached hydrogen (secondary N) is 2. The summed E-state index contributed by atoms with van der Waals surface area (Å²) in [7, 11) is 0. The maximum Gasteiger partial charge on any atom is 0.267 e. The van der Waals surface area contributed by atoms with E-state index in [0.29, 0.717) is 5.69 Å². The number of amides is 1. The second-order valence-corrected chi connectivity index (χ2v) is 8.27. The van der Waals surface area contributed by atoms with E-state index < -0.39 is 0 Å². The quantitative estimate of drug-likeness (QED) is 0.650. The fourth-order valence-corrected chi connectivity index (χ4v) is 4.85. The molecule has 2 heterocycles. The van der Waals surface area contributed by atoms with E-state index in [1.807, 2.05) is 12.1 Å². The second-order valence-electron chi connectivity index (χ2n) is 8.27. The third-order valence-electron chi connectivity index (χ3n) is 6.42. The summed E-state index contributed by atoms with van der Waals surface area (Å²) in [4.78, 5) is 18.5. The Kier molecular flexibility index (Phi) is 4.13. The van der Waals surface area contributed by atoms with E-state index in [0.717, 1.165) is 30.4 Å². The minimum atomic E-state index is -0.0725. The largest absolute Gasteiger partial charge is 0.508 e. The number of aromatic nitrogens is 1. The topological polar surface area (TPSA) is 68.4 Å². The van der Waals surface area contributed by atoms with Gasteiger partial charge in [0.1, 0.15) is 11.4 Å². The van der Waals surface area contributed by atoms with Crippen LogP contribution in [0.5, 0.6) is 5.75 Å². The maximum atomic E-state index is 12.8. The molecule has 1 atom stereocenters. The number of likely N-dealkylation sites (tertiary alicyclic amines) is 1. The van der Waals surface area contributed by atoms with Crippen LogP contribution in [-0.2, 0) is 6.54 Å². The molecule has 144 valence electrons. The van der Waals surface area contributed by atoms with Crippen LogP contribution in [-0.4, -0.2) is 39.0 Å². The Morgan fingerprint density at radius 2 is 2.00 bits per heavy atom. The van der Waals surface area contributed by atoms with E-state index in [-0.39, 0.29) is 23.2 Å². The van der Waals surface area contributed by atoms with Crippen molar-refractivity contribution in [1.29, 1.82) is 0 Å². The third-order valence-corrected chi connectivity index (χ3v) is 6.42. The molecule has 1 unspecified atom stereocenters. The van der Waals surface area contributed by atoms with Crippen LogP contribution < -0.4 is 5.32 Å². The van der Waals surface area contributed by atoms with Crippen LogP contribution in [0.4, 0.5) is 0 Å². The van der Waals surface area contributed by atoms with Crippen molar-refractivity contribution >= 4 is 16.8 Å². The normalized spacial score (nSPS) is 21.1. The van der Waals surface area contributed by atoms with Gasteiger partial charge in [0.05, 0.1) is 0 Å². The highest BCUT2D eigenvalue weighted by Crippen LogP contribution is 2.46. The molecule has 2 aliphatic rings. The Morgan fingerprint density at radius 3 is 2.75 bits per heavy atom. The predicted octanol–water partition coefficient (Wildman–Crippen LogP) is 3.80. The number of hydrogen-bond donors (Lipinski definition) is 3. The standard InChI is InChI=1S/C23H25N3O2/c27-19-8-7-17-11-21(25-20(17)12-19)22(28)24-18-13-23(9-4-10-23)26(15-18)14-16-5-2-1-3-6-16/h1-3,5-8,11-12,18,25,27H,4,9-10,13-15H2,(H,24,28). The molecule has 1 aliphatic heterocycles. The molecule has 1 aromatic heterocycles. The first-order valence-corrected chi connectivity index (χ1v) is 10.0. The van der Waals surface area contributed by atoms with Crippen molar-refractivity contribution in [3.05, 3.63) is 65.9 Å². The molecule has 3 N–H and O–H groups in total. The van der Waals surface area contributed by atoms with E-state index in [9.17, 15) is 9.90 Å². The molecule has 5 heteroatoms. The van der Waals surface area contributed by atoms with Gasteiger partial charge >= 0.3 is 0 Å². The summed E-state index contributed by atoms with van der Waals surface area (Å²) < 4.78 is 0. The van der Waals surface area contributed by atoms with Crippen LogP contribution in [0.25, 0.3) is 10.9 Å². The monoisotopic (exact) mass is 375 g/mol. The molecule has 5 rings (SSSR count). The zero-order valence-electron chi connectivity index (χ0n) is 15.8. The highest BCUT2D eigenvalue weighted by Gasteiger charge is 2.49. The summed E-state index contributed by atoms with van der Waals surface area (Å²) in [6.45, 7) is 1.83. The summed E-state index contributed by atoms with van der Waals surface area (Å²) in [5.74, 6) is 0.123. The van der Waals surface area contributed by atoms with E-state index >= 15 is 0 Å². The number of phenolic OH excluding ortho intramolecular Hbond substituents is 1. The number of phenols is 1. The molecule has 1 saturated heterocycles. The van der Waals surface area contributed by atoms with Crippen LogP contribution in [0, 0.1) is 0 Å². The first-order chi connectivity index (χ1) is 13.6. The summed E-state index contributed by atoms with van der Waals surface area (Å²) in [6, 6.07) is 17.7. The molecular formula is C23H25N3O2. The van der Waals surface area contributed by atoms with Crippen molar-refractivity contribution in [3.8, 4) is 5.75 Å². The van der Waals surface area contributed by atoms with Crippen LogP contribution in [0.3, 0.4) is 0 Å². The predicted molar refractivity (Wildman–Crippen MR) is 109 cm³/mol. The highest BCUT2D eigenvalue weighted by molar-refractivity contribution is 5.98. The minimum Gasteiger partial charge on any atom is -0.508 e. The van der Waals surface area contributed by atoms with Crippen molar-refractivity contribution in [2.24, 2.45) is 0 Å². The third kappa shape index (κ3) is 3.06. The van der Waals surface area contributed by atoms with Crippen LogP contribution in [0.2, 0.25) is 0 Å². The fraction of sp³-hybridized carbons (Fsp3) is 0.348. The Hall–Kier alpha value is -2.79. The molecular weight excluding hydrogens is 350 g/mol. The van der Waals surface area contributed by atoms with Gasteiger partial charge in [-0.15, -0.1) is 0 Å². The lowest BCUT2D eigenvalue weighted by Crippen LogP contribution is -2.48. The SMILES string of the molecule is O=C(NC1CN(Cc2ccccc2)C2(CCC2)C1)c1cc2ccc(O)cc2[nH]1. The molecule has 2 aromatic carbocycles. The average Bonchev–Trinajstić information content (AvgIpc) is 3.23. The molecule has 1 saturated carbocycles. The van der Waals surface area contributed by atoms with Gasteiger partial charge in [0.15, 0.2) is 0 Å². The van der Waals surface area contributed by atoms with Crippen LogP contribution in [0.1, 0.15) is 41.7 Å². The lowest BCUT2D eigenvalue weighted by Gasteiger charge is -2.46.